The molecule has 0 aliphatic rings. The predicted octanol–water partition coefficient (Wildman–Crippen LogP) is 14.1. The van der Waals surface area contributed by atoms with Crippen LogP contribution >= 0.6 is 0 Å². The largest absolute Gasteiger partial charge is 0.419 e. The van der Waals surface area contributed by atoms with E-state index in [2.05, 4.69) is 27.0 Å². The molecule has 0 atom stereocenters. The minimum Gasteiger partial charge on any atom is -0.419 e. The monoisotopic (exact) mass is 647 g/mol. The van der Waals surface area contributed by atoms with Crippen LogP contribution in [0.25, 0.3) is 0 Å². The van der Waals surface area contributed by atoms with Crippen LogP contribution in [0.15, 0.2) is 25.3 Å². The molecule has 0 saturated heterocycles. The minimum absolute atomic E-state index is 0.531. The van der Waals surface area contributed by atoms with Crippen molar-refractivity contribution in [2.45, 2.75) is 232 Å². The van der Waals surface area contributed by atoms with Crippen molar-refractivity contribution in [3.63, 3.8) is 0 Å². The van der Waals surface area contributed by atoms with Crippen molar-refractivity contribution in [3.05, 3.63) is 25.3 Å². The number of carbonyl (C=O) groups is 2. The van der Waals surface area contributed by atoms with Crippen molar-refractivity contribution < 1.29 is 19.1 Å². The summed E-state index contributed by atoms with van der Waals surface area (Å²) in [5.74, 6) is -2.29. The average molecular weight is 647 g/mol. The van der Waals surface area contributed by atoms with Gasteiger partial charge in [-0.25, -0.2) is 9.59 Å². The van der Waals surface area contributed by atoms with E-state index < -0.39 is 17.7 Å². The summed E-state index contributed by atoms with van der Waals surface area (Å²) in [7, 11) is 0. The maximum Gasteiger partial charge on any atom is 0.333 e. The Balaban J connectivity index is 4.20. The molecule has 0 rings (SSSR count). The van der Waals surface area contributed by atoms with E-state index in [1.165, 1.54) is 161 Å². The number of unbranched alkanes of at least 4 members (excludes halogenated alkanes) is 29. The second-order valence-electron chi connectivity index (χ2n) is 13.9. The molecule has 0 fully saturated rings. The van der Waals surface area contributed by atoms with Gasteiger partial charge in [-0.05, 0) is 12.8 Å². The normalized spacial score (nSPS) is 11.4. The Hall–Kier alpha value is -1.58. The van der Waals surface area contributed by atoms with Crippen LogP contribution in [0.5, 0.6) is 0 Å². The SMILES string of the molecule is C=CC(=O)OC(CCCCCCCCCCCCCCCCC)(CCCCCCCCCCCCCCCCCC)OC(=O)C=C. The summed E-state index contributed by atoms with van der Waals surface area (Å²) in [6.07, 6.45) is 43.6. The second-order valence-corrected chi connectivity index (χ2v) is 13.9. The summed E-state index contributed by atoms with van der Waals surface area (Å²) in [6.45, 7) is 11.7. The molecule has 0 saturated carbocycles. The number of rotatable bonds is 37. The van der Waals surface area contributed by atoms with Crippen molar-refractivity contribution in [3.8, 4) is 0 Å². The molecule has 270 valence electrons. The zero-order valence-electron chi connectivity index (χ0n) is 31.0. The second kappa shape index (κ2) is 34.7. The van der Waals surface area contributed by atoms with Gasteiger partial charge in [-0.3, -0.25) is 0 Å². The highest BCUT2D eigenvalue weighted by Crippen LogP contribution is 2.30. The summed E-state index contributed by atoms with van der Waals surface area (Å²) >= 11 is 0. The van der Waals surface area contributed by atoms with Crippen LogP contribution in [0.3, 0.4) is 0 Å². The molecule has 0 heterocycles. The Bertz CT molecular complexity index is 678. The van der Waals surface area contributed by atoms with Crippen LogP contribution in [0.1, 0.15) is 226 Å². The lowest BCUT2D eigenvalue weighted by atomic mass is 9.98. The Morgan fingerprint density at radius 1 is 0.391 bits per heavy atom. The van der Waals surface area contributed by atoms with Crippen LogP contribution in [0.4, 0.5) is 0 Å². The molecule has 4 nitrogen and oxygen atoms in total. The molecule has 0 aliphatic heterocycles. The fraction of sp³-hybridized carbons (Fsp3) is 0.857. The topological polar surface area (TPSA) is 52.6 Å². The lowest BCUT2D eigenvalue weighted by Gasteiger charge is -2.32. The Kier molecular flexibility index (Phi) is 33.6. The highest BCUT2D eigenvalue weighted by molar-refractivity contribution is 5.83. The summed E-state index contributed by atoms with van der Waals surface area (Å²) < 4.78 is 11.5. The molecule has 0 aromatic carbocycles. The minimum atomic E-state index is -1.22. The number of carbonyl (C=O) groups excluding carboxylic acids is 2. The van der Waals surface area contributed by atoms with E-state index >= 15 is 0 Å². The van der Waals surface area contributed by atoms with E-state index in [4.69, 9.17) is 9.47 Å². The highest BCUT2D eigenvalue weighted by Gasteiger charge is 2.36. The van der Waals surface area contributed by atoms with Gasteiger partial charge in [-0.15, -0.1) is 0 Å². The van der Waals surface area contributed by atoms with Crippen LogP contribution < -0.4 is 0 Å². The van der Waals surface area contributed by atoms with Gasteiger partial charge in [-0.1, -0.05) is 213 Å². The molecule has 0 unspecified atom stereocenters. The molecule has 0 amide bonds. The van der Waals surface area contributed by atoms with Crippen molar-refractivity contribution in [1.29, 1.82) is 0 Å². The zero-order chi connectivity index (χ0) is 33.8. The molecule has 0 bridgehead atoms. The van der Waals surface area contributed by atoms with Gasteiger partial charge in [0.15, 0.2) is 0 Å². The maximum absolute atomic E-state index is 12.3. The number of hydrogen-bond acceptors (Lipinski definition) is 4. The summed E-state index contributed by atoms with van der Waals surface area (Å²) in [6, 6.07) is 0. The van der Waals surface area contributed by atoms with Crippen molar-refractivity contribution in [2.24, 2.45) is 0 Å². The smallest absolute Gasteiger partial charge is 0.333 e. The molecule has 0 aromatic heterocycles. The van der Waals surface area contributed by atoms with Crippen molar-refractivity contribution in [2.75, 3.05) is 0 Å². The van der Waals surface area contributed by atoms with Gasteiger partial charge in [0.25, 0.3) is 5.79 Å². The van der Waals surface area contributed by atoms with Crippen LogP contribution in [-0.2, 0) is 19.1 Å². The molecule has 0 aromatic rings. The predicted molar refractivity (Wildman–Crippen MR) is 199 cm³/mol. The van der Waals surface area contributed by atoms with Crippen molar-refractivity contribution in [1.82, 2.24) is 0 Å². The highest BCUT2D eigenvalue weighted by atomic mass is 16.7. The van der Waals surface area contributed by atoms with Gasteiger partial charge < -0.3 is 9.47 Å². The van der Waals surface area contributed by atoms with Gasteiger partial charge in [0.1, 0.15) is 0 Å². The average Bonchev–Trinajstić information content (AvgIpc) is 3.06. The Labute approximate surface area is 287 Å². The summed E-state index contributed by atoms with van der Waals surface area (Å²) in [5.41, 5.74) is 0. The van der Waals surface area contributed by atoms with Gasteiger partial charge in [0, 0.05) is 25.0 Å². The van der Waals surface area contributed by atoms with E-state index in [1.807, 2.05) is 0 Å². The van der Waals surface area contributed by atoms with E-state index in [1.54, 1.807) is 0 Å². The van der Waals surface area contributed by atoms with E-state index in [-0.39, 0.29) is 0 Å². The van der Waals surface area contributed by atoms with E-state index in [9.17, 15) is 9.59 Å². The summed E-state index contributed by atoms with van der Waals surface area (Å²) in [5, 5.41) is 0. The Morgan fingerprint density at radius 3 is 0.783 bits per heavy atom. The number of esters is 2. The molecule has 0 radical (unpaired) electrons. The molecular weight excluding hydrogens is 568 g/mol. The molecule has 4 heteroatoms. The first-order chi connectivity index (χ1) is 22.5. The molecular formula is C42H78O4. The Morgan fingerprint density at radius 2 is 0.587 bits per heavy atom. The first-order valence-electron chi connectivity index (χ1n) is 20.2. The van der Waals surface area contributed by atoms with Gasteiger partial charge in [0.05, 0.1) is 0 Å². The first kappa shape index (κ1) is 44.4. The third kappa shape index (κ3) is 29.8. The van der Waals surface area contributed by atoms with Crippen LogP contribution in [0.2, 0.25) is 0 Å². The van der Waals surface area contributed by atoms with Gasteiger partial charge in [0.2, 0.25) is 0 Å². The fourth-order valence-corrected chi connectivity index (χ4v) is 6.51. The van der Waals surface area contributed by atoms with Crippen molar-refractivity contribution >= 4 is 11.9 Å². The lowest BCUT2D eigenvalue weighted by Crippen LogP contribution is -2.39. The third-order valence-electron chi connectivity index (χ3n) is 9.48. The molecule has 46 heavy (non-hydrogen) atoms. The maximum atomic E-state index is 12.3. The van der Waals surface area contributed by atoms with Crippen LogP contribution in [-0.4, -0.2) is 17.7 Å². The molecule has 0 N–H and O–H groups in total. The van der Waals surface area contributed by atoms with E-state index in [0.717, 1.165) is 50.7 Å². The third-order valence-corrected chi connectivity index (χ3v) is 9.48. The van der Waals surface area contributed by atoms with Crippen LogP contribution in [0, 0.1) is 0 Å². The number of ether oxygens (including phenoxy) is 2. The summed E-state index contributed by atoms with van der Waals surface area (Å²) in [4.78, 5) is 24.5. The standard InChI is InChI=1S/C42H78O4/c1-5-9-11-13-15-17-19-21-23-25-27-29-31-33-35-37-39-42(45-40(43)7-3,46-41(44)8-4)38-36-34-32-30-28-26-24-22-20-18-16-14-12-10-6-2/h7-8H,3-6,9-39H2,1-2H3. The number of hydrogen-bond donors (Lipinski definition) is 0. The first-order valence-corrected chi connectivity index (χ1v) is 20.2. The fourth-order valence-electron chi connectivity index (χ4n) is 6.51. The molecule has 0 spiro atoms. The van der Waals surface area contributed by atoms with Gasteiger partial charge >= 0.3 is 11.9 Å². The van der Waals surface area contributed by atoms with E-state index in [0.29, 0.717) is 12.8 Å². The van der Waals surface area contributed by atoms with Gasteiger partial charge in [-0.2, -0.15) is 0 Å². The quantitative estimate of drug-likeness (QED) is 0.0292. The zero-order valence-corrected chi connectivity index (χ0v) is 31.0. The lowest BCUT2D eigenvalue weighted by molar-refractivity contribution is -0.228. The molecule has 0 aliphatic carbocycles.